The number of carbonyl (C=O) groups excluding carboxylic acids is 1. The van der Waals surface area contributed by atoms with Gasteiger partial charge in [0, 0.05) is 6.42 Å². The van der Waals surface area contributed by atoms with Crippen LogP contribution in [-0.2, 0) is 15.1 Å². The Bertz CT molecular complexity index is 816. The van der Waals surface area contributed by atoms with E-state index in [2.05, 4.69) is 36.4 Å². The molecule has 1 saturated heterocycles. The van der Waals surface area contributed by atoms with Crippen molar-refractivity contribution in [3.63, 3.8) is 0 Å². The summed E-state index contributed by atoms with van der Waals surface area (Å²) in [4.78, 5) is 11.9. The minimum absolute atomic E-state index is 0.0293. The Hall–Kier alpha value is -2.95. The van der Waals surface area contributed by atoms with Crippen LogP contribution in [0.25, 0.3) is 0 Å². The van der Waals surface area contributed by atoms with Gasteiger partial charge in [-0.3, -0.25) is 9.80 Å². The summed E-state index contributed by atoms with van der Waals surface area (Å²) in [5, 5.41) is 1.33. The van der Waals surface area contributed by atoms with Gasteiger partial charge >= 0.3 is 0 Å². The van der Waals surface area contributed by atoms with Crippen molar-refractivity contribution in [2.45, 2.75) is 24.5 Å². The number of hydrazine groups is 1. The molecule has 3 aromatic carbocycles. The summed E-state index contributed by atoms with van der Waals surface area (Å²) < 4.78 is 6.72. The fourth-order valence-corrected chi connectivity index (χ4v) is 3.92. The second-order valence-corrected chi connectivity index (χ2v) is 7.08. The van der Waals surface area contributed by atoms with Gasteiger partial charge in [-0.25, -0.2) is 5.84 Å². The Balaban J connectivity index is 1.82. The van der Waals surface area contributed by atoms with Crippen LogP contribution < -0.4 is 5.84 Å². The van der Waals surface area contributed by atoms with Crippen molar-refractivity contribution in [2.24, 2.45) is 5.84 Å². The van der Waals surface area contributed by atoms with Gasteiger partial charge in [0.1, 0.15) is 5.60 Å². The summed E-state index contributed by atoms with van der Waals surface area (Å²) in [7, 11) is 0. The highest BCUT2D eigenvalue weighted by Crippen LogP contribution is 2.40. The van der Waals surface area contributed by atoms with Crippen molar-refractivity contribution in [3.05, 3.63) is 108 Å². The Kier molecular flexibility index (Phi) is 5.24. The van der Waals surface area contributed by atoms with Gasteiger partial charge in [-0.15, -0.1) is 0 Å². The highest BCUT2D eigenvalue weighted by atomic mass is 16.5. The summed E-state index contributed by atoms with van der Waals surface area (Å²) in [5.74, 6) is 5.94. The van der Waals surface area contributed by atoms with Crippen molar-refractivity contribution in [2.75, 3.05) is 6.61 Å². The predicted molar refractivity (Wildman–Crippen MR) is 109 cm³/mol. The lowest BCUT2D eigenvalue weighted by Gasteiger charge is -2.37. The monoisotopic (exact) mass is 372 g/mol. The smallest absolute Gasteiger partial charge is 0.236 e. The van der Waals surface area contributed by atoms with Crippen LogP contribution in [0.4, 0.5) is 0 Å². The van der Waals surface area contributed by atoms with E-state index in [0.29, 0.717) is 19.4 Å². The maximum Gasteiger partial charge on any atom is 0.236 e. The molecule has 1 amide bonds. The molecule has 0 saturated carbocycles. The lowest BCUT2D eigenvalue weighted by molar-refractivity contribution is -0.130. The van der Waals surface area contributed by atoms with E-state index in [-0.39, 0.29) is 11.9 Å². The van der Waals surface area contributed by atoms with Crippen LogP contribution in [-0.4, -0.2) is 23.6 Å². The summed E-state index contributed by atoms with van der Waals surface area (Å²) in [6.45, 7) is 0.362. The number of benzene rings is 3. The van der Waals surface area contributed by atoms with E-state index in [9.17, 15) is 4.79 Å². The number of carbonyl (C=O) groups is 1. The molecule has 1 aliphatic rings. The van der Waals surface area contributed by atoms with Crippen LogP contribution in [0.15, 0.2) is 91.0 Å². The molecule has 28 heavy (non-hydrogen) atoms. The molecule has 0 unspecified atom stereocenters. The average Bonchev–Trinajstić information content (AvgIpc) is 3.09. The molecule has 2 N–H and O–H groups in total. The number of hydrogen-bond donors (Lipinski definition) is 1. The molecule has 3 aromatic rings. The van der Waals surface area contributed by atoms with E-state index in [1.165, 1.54) is 5.01 Å². The predicted octanol–water partition coefficient (Wildman–Crippen LogP) is 3.86. The SMILES string of the molecule is NN1C(=O)CC[C@@H]1COC(c1ccccc1)(c1ccccc1)c1ccccc1. The van der Waals surface area contributed by atoms with Crippen molar-refractivity contribution < 1.29 is 9.53 Å². The zero-order chi connectivity index (χ0) is 19.4. The number of nitrogens with two attached hydrogens (primary N) is 1. The maximum atomic E-state index is 11.9. The molecule has 1 atom stereocenters. The molecule has 0 radical (unpaired) electrons. The van der Waals surface area contributed by atoms with Gasteiger partial charge in [-0.2, -0.15) is 0 Å². The van der Waals surface area contributed by atoms with Gasteiger partial charge in [-0.05, 0) is 23.1 Å². The third-order valence-electron chi connectivity index (χ3n) is 5.41. The van der Waals surface area contributed by atoms with Gasteiger partial charge in [-0.1, -0.05) is 91.0 Å². The molecule has 0 aliphatic carbocycles. The Morgan fingerprint density at radius 3 is 1.61 bits per heavy atom. The minimum atomic E-state index is -0.781. The van der Waals surface area contributed by atoms with E-state index in [1.807, 2.05) is 54.6 Å². The second kappa shape index (κ2) is 7.97. The van der Waals surface area contributed by atoms with E-state index in [0.717, 1.165) is 16.7 Å². The number of amides is 1. The van der Waals surface area contributed by atoms with Crippen molar-refractivity contribution in [1.29, 1.82) is 0 Å². The van der Waals surface area contributed by atoms with Gasteiger partial charge < -0.3 is 4.74 Å². The van der Waals surface area contributed by atoms with Crippen LogP contribution in [0.1, 0.15) is 29.5 Å². The molecule has 1 fully saturated rings. The van der Waals surface area contributed by atoms with Crippen molar-refractivity contribution in [3.8, 4) is 0 Å². The van der Waals surface area contributed by atoms with Crippen molar-refractivity contribution >= 4 is 5.91 Å². The molecule has 1 heterocycles. The molecule has 4 rings (SSSR count). The largest absolute Gasteiger partial charge is 0.359 e. The summed E-state index contributed by atoms with van der Waals surface area (Å²) in [6, 6.07) is 30.5. The first-order chi connectivity index (χ1) is 13.7. The van der Waals surface area contributed by atoms with Gasteiger partial charge in [0.05, 0.1) is 12.6 Å². The average molecular weight is 372 g/mol. The van der Waals surface area contributed by atoms with Crippen LogP contribution in [0.2, 0.25) is 0 Å². The lowest BCUT2D eigenvalue weighted by Crippen LogP contribution is -2.44. The van der Waals surface area contributed by atoms with Gasteiger partial charge in [0.15, 0.2) is 0 Å². The second-order valence-electron chi connectivity index (χ2n) is 7.08. The topological polar surface area (TPSA) is 55.6 Å². The molecule has 0 aromatic heterocycles. The molecule has 142 valence electrons. The minimum Gasteiger partial charge on any atom is -0.359 e. The molecule has 0 spiro atoms. The first-order valence-electron chi connectivity index (χ1n) is 9.59. The standard InChI is InChI=1S/C24H24N2O2/c25-26-22(16-17-23(26)27)18-28-24(19-10-4-1-5-11-19,20-12-6-2-7-13-20)21-14-8-3-9-15-21/h1-15,22H,16-18,25H2/t22-/m1/s1. The van der Waals surface area contributed by atoms with Gasteiger partial charge in [0.2, 0.25) is 5.91 Å². The first-order valence-corrected chi connectivity index (χ1v) is 9.59. The number of rotatable bonds is 6. The fraction of sp³-hybridized carbons (Fsp3) is 0.208. The summed E-state index contributed by atoms with van der Waals surface area (Å²) in [5.41, 5.74) is 2.34. The molecule has 0 bridgehead atoms. The maximum absolute atomic E-state index is 11.9. The van der Waals surface area contributed by atoms with E-state index in [4.69, 9.17) is 10.6 Å². The Labute approximate surface area is 165 Å². The van der Waals surface area contributed by atoms with Crippen LogP contribution in [0, 0.1) is 0 Å². The van der Waals surface area contributed by atoms with E-state index >= 15 is 0 Å². The number of nitrogens with zero attached hydrogens (tertiary/aromatic N) is 1. The highest BCUT2D eigenvalue weighted by molar-refractivity contribution is 5.78. The highest BCUT2D eigenvalue weighted by Gasteiger charge is 2.39. The third kappa shape index (κ3) is 3.33. The third-order valence-corrected chi connectivity index (χ3v) is 5.41. The van der Waals surface area contributed by atoms with E-state index < -0.39 is 5.60 Å². The summed E-state index contributed by atoms with van der Waals surface area (Å²) in [6.07, 6.45) is 1.18. The van der Waals surface area contributed by atoms with E-state index in [1.54, 1.807) is 0 Å². The fourth-order valence-electron chi connectivity index (χ4n) is 3.92. The van der Waals surface area contributed by atoms with Crippen LogP contribution in [0.5, 0.6) is 0 Å². The molecule has 4 heteroatoms. The van der Waals surface area contributed by atoms with Gasteiger partial charge in [0.25, 0.3) is 0 Å². The number of ether oxygens (including phenoxy) is 1. The Morgan fingerprint density at radius 1 is 0.821 bits per heavy atom. The first kappa shape index (κ1) is 18.4. The van der Waals surface area contributed by atoms with Crippen LogP contribution >= 0.6 is 0 Å². The normalized spacial score (nSPS) is 17.1. The molecule has 1 aliphatic heterocycles. The summed E-state index contributed by atoms with van der Waals surface area (Å²) >= 11 is 0. The molecular formula is C24H24N2O2. The van der Waals surface area contributed by atoms with Crippen molar-refractivity contribution in [1.82, 2.24) is 5.01 Å². The zero-order valence-electron chi connectivity index (χ0n) is 15.7. The Morgan fingerprint density at radius 2 is 1.25 bits per heavy atom. The number of hydrogen-bond acceptors (Lipinski definition) is 3. The zero-order valence-corrected chi connectivity index (χ0v) is 15.7. The quantitative estimate of drug-likeness (QED) is 0.406. The lowest BCUT2D eigenvalue weighted by atomic mass is 9.80. The van der Waals surface area contributed by atoms with Crippen LogP contribution in [0.3, 0.4) is 0 Å². The molecular weight excluding hydrogens is 348 g/mol. The molecule has 4 nitrogen and oxygen atoms in total.